The van der Waals surface area contributed by atoms with Crippen LogP contribution < -0.4 is 0 Å². The summed E-state index contributed by atoms with van der Waals surface area (Å²) in [5.74, 6) is 2.98. The summed E-state index contributed by atoms with van der Waals surface area (Å²) in [6.07, 6.45) is 14.5. The Labute approximate surface area is 179 Å². The number of aromatic nitrogens is 1. The topological polar surface area (TPSA) is 39.2 Å². The van der Waals surface area contributed by atoms with Crippen molar-refractivity contribution in [3.8, 4) is 0 Å². The Hall–Kier alpha value is -1.16. The summed E-state index contributed by atoms with van der Waals surface area (Å²) < 4.78 is 5.59. The molecule has 0 saturated heterocycles. The normalized spacial score (nSPS) is 43.7. The summed E-state index contributed by atoms with van der Waals surface area (Å²) in [6.45, 7) is 8.84. The summed E-state index contributed by atoms with van der Waals surface area (Å²) >= 11 is 1.93. The maximum atomic E-state index is 11.4. The lowest BCUT2D eigenvalue weighted by atomic mass is 9.47. The lowest BCUT2D eigenvalue weighted by Crippen LogP contribution is -2.50. The number of hydrogen-bond donors (Lipinski definition) is 0. The molecule has 2 unspecified atom stereocenters. The van der Waals surface area contributed by atoms with Crippen molar-refractivity contribution in [2.45, 2.75) is 91.1 Å². The van der Waals surface area contributed by atoms with Gasteiger partial charge in [-0.25, -0.2) is 4.98 Å². The Balaban J connectivity index is 1.40. The highest BCUT2D eigenvalue weighted by Crippen LogP contribution is 2.68. The van der Waals surface area contributed by atoms with Gasteiger partial charge in [-0.05, 0) is 80.5 Å². The second-order valence-corrected chi connectivity index (χ2v) is 12.0. The molecule has 1 aromatic heterocycles. The van der Waals surface area contributed by atoms with Crippen molar-refractivity contribution < 1.29 is 9.53 Å². The summed E-state index contributed by atoms with van der Waals surface area (Å²) in [6, 6.07) is 0. The standard InChI is InChI=1S/C25H35NO2S/c1-15-14-26-23(29-15)22-8-7-20-19-6-5-17-13-18(28-16(2)27)9-11-24(17,3)21(19)10-12-25(20,22)4/h5,14,18-22H,6-13H2,1-4H3/t18?,19-,20-,21-,22?,24-,25-/m0/s1. The second-order valence-electron chi connectivity index (χ2n) is 10.7. The van der Waals surface area contributed by atoms with E-state index in [0.717, 1.165) is 30.6 Å². The van der Waals surface area contributed by atoms with Crippen molar-refractivity contribution in [2.75, 3.05) is 0 Å². The van der Waals surface area contributed by atoms with Crippen LogP contribution >= 0.6 is 11.3 Å². The lowest BCUT2D eigenvalue weighted by molar-refractivity contribution is -0.148. The zero-order valence-electron chi connectivity index (χ0n) is 18.4. The first-order valence-electron chi connectivity index (χ1n) is 11.6. The number of carbonyl (C=O) groups excluding carboxylic acids is 1. The van der Waals surface area contributed by atoms with Crippen molar-refractivity contribution in [1.29, 1.82) is 0 Å². The van der Waals surface area contributed by atoms with Crippen LogP contribution in [0.2, 0.25) is 0 Å². The molecule has 3 nitrogen and oxygen atoms in total. The summed E-state index contributed by atoms with van der Waals surface area (Å²) in [7, 11) is 0. The van der Waals surface area contributed by atoms with E-state index in [1.165, 1.54) is 48.4 Å². The highest BCUT2D eigenvalue weighted by Gasteiger charge is 2.59. The molecule has 4 heteroatoms. The Kier molecular flexibility index (Phi) is 4.73. The Bertz CT molecular complexity index is 844. The largest absolute Gasteiger partial charge is 0.462 e. The number of allylic oxidation sites excluding steroid dienone is 1. The summed E-state index contributed by atoms with van der Waals surface area (Å²) in [5.41, 5.74) is 2.32. The Morgan fingerprint density at radius 3 is 2.72 bits per heavy atom. The zero-order chi connectivity index (χ0) is 20.4. The Morgan fingerprint density at radius 1 is 1.17 bits per heavy atom. The first-order chi connectivity index (χ1) is 13.8. The molecule has 0 radical (unpaired) electrons. The lowest BCUT2D eigenvalue weighted by Gasteiger charge is -2.58. The number of hydrogen-bond acceptors (Lipinski definition) is 4. The number of thiazole rings is 1. The van der Waals surface area contributed by atoms with Gasteiger partial charge in [-0.1, -0.05) is 25.5 Å². The molecule has 3 fully saturated rings. The predicted octanol–water partition coefficient (Wildman–Crippen LogP) is 6.43. The fourth-order valence-electron chi connectivity index (χ4n) is 7.90. The molecule has 29 heavy (non-hydrogen) atoms. The molecule has 3 saturated carbocycles. The van der Waals surface area contributed by atoms with E-state index in [1.807, 2.05) is 11.3 Å². The molecule has 4 aliphatic carbocycles. The minimum absolute atomic E-state index is 0.0984. The van der Waals surface area contributed by atoms with Gasteiger partial charge >= 0.3 is 5.97 Å². The van der Waals surface area contributed by atoms with Crippen molar-refractivity contribution in [1.82, 2.24) is 4.98 Å². The highest BCUT2D eigenvalue weighted by molar-refractivity contribution is 7.11. The summed E-state index contributed by atoms with van der Waals surface area (Å²) in [5, 5.41) is 1.39. The molecular formula is C25H35NO2S. The van der Waals surface area contributed by atoms with Gasteiger partial charge in [-0.2, -0.15) is 0 Å². The van der Waals surface area contributed by atoms with E-state index in [0.29, 0.717) is 16.7 Å². The molecule has 0 spiro atoms. The molecule has 0 N–H and O–H groups in total. The van der Waals surface area contributed by atoms with Gasteiger partial charge in [-0.15, -0.1) is 11.3 Å². The van der Waals surface area contributed by atoms with Gasteiger partial charge in [0.05, 0.1) is 5.01 Å². The van der Waals surface area contributed by atoms with E-state index in [2.05, 4.69) is 33.0 Å². The van der Waals surface area contributed by atoms with E-state index < -0.39 is 0 Å². The number of nitrogens with zero attached hydrogens (tertiary/aromatic N) is 1. The molecule has 0 aliphatic heterocycles. The molecule has 5 rings (SSSR count). The van der Waals surface area contributed by atoms with Crippen LogP contribution in [0.5, 0.6) is 0 Å². The monoisotopic (exact) mass is 413 g/mol. The van der Waals surface area contributed by atoms with Crippen molar-refractivity contribution in [2.24, 2.45) is 28.6 Å². The number of esters is 1. The van der Waals surface area contributed by atoms with Crippen molar-refractivity contribution in [3.05, 3.63) is 27.7 Å². The number of fused-ring (bicyclic) bond motifs is 5. The van der Waals surface area contributed by atoms with Gasteiger partial charge in [0.2, 0.25) is 0 Å². The quantitative estimate of drug-likeness (QED) is 0.414. The Morgan fingerprint density at radius 2 is 2.00 bits per heavy atom. The first-order valence-corrected chi connectivity index (χ1v) is 12.4. The number of carbonyl (C=O) groups is 1. The van der Waals surface area contributed by atoms with E-state index in [1.54, 1.807) is 12.5 Å². The molecule has 0 aromatic carbocycles. The van der Waals surface area contributed by atoms with Crippen LogP contribution in [0.3, 0.4) is 0 Å². The van der Waals surface area contributed by atoms with Gasteiger partial charge in [0.25, 0.3) is 0 Å². The number of ether oxygens (including phenoxy) is 1. The summed E-state index contributed by atoms with van der Waals surface area (Å²) in [4.78, 5) is 17.6. The molecule has 1 heterocycles. The van der Waals surface area contributed by atoms with Crippen molar-refractivity contribution in [3.63, 3.8) is 0 Å². The predicted molar refractivity (Wildman–Crippen MR) is 117 cm³/mol. The third kappa shape index (κ3) is 3.04. The zero-order valence-corrected chi connectivity index (χ0v) is 19.2. The average molecular weight is 414 g/mol. The third-order valence-corrected chi connectivity index (χ3v) is 10.4. The van der Waals surface area contributed by atoms with Gasteiger partial charge in [-0.3, -0.25) is 4.79 Å². The van der Waals surface area contributed by atoms with Crippen LogP contribution in [0.25, 0.3) is 0 Å². The fourth-order valence-corrected chi connectivity index (χ4v) is 8.97. The minimum atomic E-state index is -0.129. The second kappa shape index (κ2) is 6.93. The van der Waals surface area contributed by atoms with Gasteiger partial charge in [0, 0.05) is 30.3 Å². The molecule has 158 valence electrons. The molecule has 1 aromatic rings. The van der Waals surface area contributed by atoms with Gasteiger partial charge < -0.3 is 4.74 Å². The van der Waals surface area contributed by atoms with Gasteiger partial charge in [0.15, 0.2) is 0 Å². The van der Waals surface area contributed by atoms with Crippen LogP contribution in [0.4, 0.5) is 0 Å². The van der Waals surface area contributed by atoms with Crippen molar-refractivity contribution >= 4 is 17.3 Å². The molecule has 7 atom stereocenters. The van der Waals surface area contributed by atoms with Crippen LogP contribution in [0.15, 0.2) is 17.8 Å². The van der Waals surface area contributed by atoms with Gasteiger partial charge in [0.1, 0.15) is 6.10 Å². The smallest absolute Gasteiger partial charge is 0.302 e. The minimum Gasteiger partial charge on any atom is -0.462 e. The fraction of sp³-hybridized carbons (Fsp3) is 0.760. The first kappa shape index (κ1) is 19.8. The number of aryl methyl sites for hydroxylation is 1. The molecule has 4 aliphatic rings. The van der Waals surface area contributed by atoms with Crippen LogP contribution in [0, 0.1) is 35.5 Å². The van der Waals surface area contributed by atoms with E-state index >= 15 is 0 Å². The molecule has 0 amide bonds. The highest BCUT2D eigenvalue weighted by atomic mass is 32.1. The van der Waals surface area contributed by atoms with Crippen LogP contribution in [0.1, 0.15) is 87.9 Å². The maximum absolute atomic E-state index is 11.4. The third-order valence-electron chi connectivity index (χ3n) is 9.33. The average Bonchev–Trinajstić information content (AvgIpc) is 3.24. The maximum Gasteiger partial charge on any atom is 0.302 e. The van der Waals surface area contributed by atoms with E-state index in [-0.39, 0.29) is 12.1 Å². The molecule has 0 bridgehead atoms. The molecular weight excluding hydrogens is 378 g/mol. The van der Waals surface area contributed by atoms with E-state index in [4.69, 9.17) is 9.72 Å². The SMILES string of the molecule is CC(=O)OC1CC[C@@]2(C)C(=CC[C@@H]3[C@@H]2CC[C@]2(C)C(c4ncc(C)s4)CC[C@@H]32)C1. The van der Waals surface area contributed by atoms with E-state index in [9.17, 15) is 4.79 Å². The van der Waals surface area contributed by atoms with Crippen LogP contribution in [-0.2, 0) is 9.53 Å². The van der Waals surface area contributed by atoms with Crippen LogP contribution in [-0.4, -0.2) is 17.1 Å². The number of rotatable bonds is 2.